The summed E-state index contributed by atoms with van der Waals surface area (Å²) in [5, 5.41) is 7.41. The Morgan fingerprint density at radius 1 is 1.18 bits per heavy atom. The summed E-state index contributed by atoms with van der Waals surface area (Å²) in [7, 11) is 1.85. The Balaban J connectivity index is 1.31. The fraction of sp³-hybridized carbons (Fsp3) is 0.346. The van der Waals surface area contributed by atoms with Crippen molar-refractivity contribution in [3.8, 4) is 0 Å². The molecule has 7 heteroatoms. The van der Waals surface area contributed by atoms with E-state index < -0.39 is 0 Å². The van der Waals surface area contributed by atoms with Crippen LogP contribution in [0.2, 0.25) is 0 Å². The maximum atomic E-state index is 13.2. The Morgan fingerprint density at radius 2 is 2.00 bits per heavy atom. The van der Waals surface area contributed by atoms with Crippen molar-refractivity contribution in [1.29, 1.82) is 0 Å². The van der Waals surface area contributed by atoms with E-state index in [0.29, 0.717) is 12.1 Å². The summed E-state index contributed by atoms with van der Waals surface area (Å²) in [5.41, 5.74) is 6.05. The van der Waals surface area contributed by atoms with Gasteiger partial charge in [0.2, 0.25) is 0 Å². The van der Waals surface area contributed by atoms with Gasteiger partial charge in [-0.1, -0.05) is 36.4 Å². The molecule has 1 amide bonds. The van der Waals surface area contributed by atoms with E-state index in [4.69, 9.17) is 4.98 Å². The summed E-state index contributed by atoms with van der Waals surface area (Å²) in [6.45, 7) is 5.44. The molecular weight excluding hydrogens is 412 g/mol. The van der Waals surface area contributed by atoms with Gasteiger partial charge in [-0.2, -0.15) is 5.10 Å². The smallest absolute Gasteiger partial charge is 0.257 e. The third-order valence-electron chi connectivity index (χ3n) is 6.62. The molecule has 1 fully saturated rings. The van der Waals surface area contributed by atoms with Gasteiger partial charge in [0.05, 0.1) is 28.8 Å². The number of nitrogens with zero attached hydrogens (tertiary/aromatic N) is 5. The first-order chi connectivity index (χ1) is 16.1. The van der Waals surface area contributed by atoms with Crippen LogP contribution in [-0.4, -0.2) is 55.4 Å². The first-order valence-corrected chi connectivity index (χ1v) is 11.6. The van der Waals surface area contributed by atoms with E-state index in [1.807, 2.05) is 55.6 Å². The first kappa shape index (κ1) is 21.4. The lowest BCUT2D eigenvalue weighted by Gasteiger charge is -2.32. The van der Waals surface area contributed by atoms with E-state index in [-0.39, 0.29) is 11.8 Å². The average molecular weight is 443 g/mol. The molecular formula is C26H30N6O. The van der Waals surface area contributed by atoms with Gasteiger partial charge in [-0.15, -0.1) is 0 Å². The van der Waals surface area contributed by atoms with Crippen LogP contribution in [0.4, 0.5) is 0 Å². The molecule has 3 aromatic heterocycles. The Morgan fingerprint density at radius 3 is 2.85 bits per heavy atom. The second-order valence-corrected chi connectivity index (χ2v) is 8.99. The Bertz CT molecular complexity index is 1240. The number of fused-ring (bicyclic) bond motifs is 1. The number of carbonyl (C=O) groups excluding carboxylic acids is 1. The number of amides is 1. The number of aryl methyl sites for hydroxylation is 1. The molecule has 0 bridgehead atoms. The molecule has 4 heterocycles. The predicted octanol–water partition coefficient (Wildman–Crippen LogP) is 4.02. The molecule has 33 heavy (non-hydrogen) atoms. The van der Waals surface area contributed by atoms with Crippen molar-refractivity contribution in [2.45, 2.75) is 38.8 Å². The Labute approximate surface area is 194 Å². The van der Waals surface area contributed by atoms with Crippen LogP contribution in [0.15, 0.2) is 60.9 Å². The van der Waals surface area contributed by atoms with E-state index >= 15 is 0 Å². The molecule has 170 valence electrons. The minimum atomic E-state index is 0.0114. The molecule has 0 spiro atoms. The zero-order valence-electron chi connectivity index (χ0n) is 19.2. The molecule has 1 aliphatic heterocycles. The average Bonchev–Trinajstić information content (AvgIpc) is 3.44. The number of pyridine rings is 1. The Hall–Kier alpha value is -3.45. The van der Waals surface area contributed by atoms with Gasteiger partial charge in [0.15, 0.2) is 0 Å². The highest BCUT2D eigenvalue weighted by Crippen LogP contribution is 2.30. The van der Waals surface area contributed by atoms with E-state index in [9.17, 15) is 4.79 Å². The normalized spacial score (nSPS) is 16.8. The quantitative estimate of drug-likeness (QED) is 0.490. The number of likely N-dealkylation sites (tertiary alicyclic amines) is 1. The summed E-state index contributed by atoms with van der Waals surface area (Å²) >= 11 is 0. The van der Waals surface area contributed by atoms with Crippen LogP contribution in [0.5, 0.6) is 0 Å². The molecule has 0 unspecified atom stereocenters. The molecule has 1 N–H and O–H groups in total. The molecule has 0 radical (unpaired) electrons. The number of piperidine rings is 1. The maximum Gasteiger partial charge on any atom is 0.257 e. The minimum Gasteiger partial charge on any atom is -0.337 e. The standard InChI is InChI=1S/C26H30N6O/c1-19-23(32-14-7-6-12-24(32)28-19)18-31-13-8-11-21(17-31)25-22(15-27-29-25)26(33)30(2)16-20-9-4-3-5-10-20/h3-7,9-10,12,14-15,21H,8,11,13,16-18H2,1-2H3,(H,27,29)/t21-/m1/s1. The van der Waals surface area contributed by atoms with E-state index in [0.717, 1.165) is 55.1 Å². The SMILES string of the molecule is Cc1nc2ccccn2c1CN1CCC[C@@H](c2[nH]ncc2C(=O)N(C)Cc2ccccc2)C1. The van der Waals surface area contributed by atoms with Crippen LogP contribution in [0.25, 0.3) is 5.65 Å². The molecule has 1 saturated heterocycles. The minimum absolute atomic E-state index is 0.0114. The third kappa shape index (κ3) is 4.41. The second-order valence-electron chi connectivity index (χ2n) is 8.99. The highest BCUT2D eigenvalue weighted by atomic mass is 16.2. The molecule has 7 nitrogen and oxygen atoms in total. The molecule has 4 aromatic rings. The summed E-state index contributed by atoms with van der Waals surface area (Å²) in [5.74, 6) is 0.266. The predicted molar refractivity (Wildman–Crippen MR) is 128 cm³/mol. The lowest BCUT2D eigenvalue weighted by molar-refractivity contribution is 0.0782. The van der Waals surface area contributed by atoms with E-state index in [1.165, 1.54) is 5.69 Å². The molecule has 1 aromatic carbocycles. The first-order valence-electron chi connectivity index (χ1n) is 11.6. The molecule has 0 saturated carbocycles. The van der Waals surface area contributed by atoms with E-state index in [1.54, 1.807) is 11.1 Å². The monoisotopic (exact) mass is 442 g/mol. The van der Waals surface area contributed by atoms with Gasteiger partial charge in [0.1, 0.15) is 5.65 Å². The van der Waals surface area contributed by atoms with Gasteiger partial charge < -0.3 is 9.30 Å². The van der Waals surface area contributed by atoms with Crippen molar-refractivity contribution in [2.24, 2.45) is 0 Å². The highest BCUT2D eigenvalue weighted by Gasteiger charge is 2.28. The molecule has 1 aliphatic rings. The number of imidazole rings is 1. The second kappa shape index (κ2) is 9.19. The van der Waals surface area contributed by atoms with Crippen LogP contribution in [0.3, 0.4) is 0 Å². The van der Waals surface area contributed by atoms with Crippen LogP contribution >= 0.6 is 0 Å². The summed E-state index contributed by atoms with van der Waals surface area (Å²) in [6, 6.07) is 16.2. The number of hydrogen-bond acceptors (Lipinski definition) is 4. The molecule has 0 aliphatic carbocycles. The van der Waals surface area contributed by atoms with Gasteiger partial charge in [0, 0.05) is 38.8 Å². The zero-order chi connectivity index (χ0) is 22.8. The largest absolute Gasteiger partial charge is 0.337 e. The Kier molecular flexibility index (Phi) is 5.96. The number of carbonyl (C=O) groups is 1. The fourth-order valence-corrected chi connectivity index (χ4v) is 4.91. The van der Waals surface area contributed by atoms with E-state index in [2.05, 4.69) is 32.6 Å². The van der Waals surface area contributed by atoms with Gasteiger partial charge in [-0.05, 0) is 44.0 Å². The summed E-state index contributed by atoms with van der Waals surface area (Å²) < 4.78 is 2.18. The van der Waals surface area contributed by atoms with Crippen molar-refractivity contribution in [2.75, 3.05) is 20.1 Å². The maximum absolute atomic E-state index is 13.2. The van der Waals surface area contributed by atoms with Gasteiger partial charge in [-0.25, -0.2) is 4.98 Å². The molecule has 5 rings (SSSR count). The third-order valence-corrected chi connectivity index (χ3v) is 6.62. The van der Waals surface area contributed by atoms with Gasteiger partial charge in [-0.3, -0.25) is 14.8 Å². The molecule has 1 atom stereocenters. The number of aromatic nitrogens is 4. The number of aromatic amines is 1. The van der Waals surface area contributed by atoms with Crippen LogP contribution in [-0.2, 0) is 13.1 Å². The van der Waals surface area contributed by atoms with Crippen molar-refractivity contribution in [3.05, 3.63) is 89.1 Å². The van der Waals surface area contributed by atoms with Gasteiger partial charge in [0.25, 0.3) is 5.91 Å². The number of hydrogen-bond donors (Lipinski definition) is 1. The lowest BCUT2D eigenvalue weighted by atomic mass is 9.92. The zero-order valence-corrected chi connectivity index (χ0v) is 19.2. The topological polar surface area (TPSA) is 69.5 Å². The summed E-state index contributed by atoms with van der Waals surface area (Å²) in [6.07, 6.45) is 5.91. The van der Waals surface area contributed by atoms with Crippen LogP contribution in [0, 0.1) is 6.92 Å². The van der Waals surface area contributed by atoms with Crippen molar-refractivity contribution in [3.63, 3.8) is 0 Å². The van der Waals surface area contributed by atoms with Crippen molar-refractivity contribution < 1.29 is 4.79 Å². The number of nitrogens with one attached hydrogen (secondary N) is 1. The lowest BCUT2D eigenvalue weighted by Crippen LogP contribution is -2.35. The number of rotatable bonds is 6. The van der Waals surface area contributed by atoms with Gasteiger partial charge >= 0.3 is 0 Å². The van der Waals surface area contributed by atoms with Crippen molar-refractivity contribution >= 4 is 11.6 Å². The fourth-order valence-electron chi connectivity index (χ4n) is 4.91. The van der Waals surface area contributed by atoms with Crippen LogP contribution < -0.4 is 0 Å². The van der Waals surface area contributed by atoms with Crippen molar-refractivity contribution in [1.82, 2.24) is 29.4 Å². The number of benzene rings is 1. The van der Waals surface area contributed by atoms with Crippen LogP contribution in [0.1, 0.15) is 51.8 Å². The highest BCUT2D eigenvalue weighted by molar-refractivity contribution is 5.95. The number of H-pyrrole nitrogens is 1. The summed E-state index contributed by atoms with van der Waals surface area (Å²) in [4.78, 5) is 22.2.